The molecule has 9 heteroatoms. The summed E-state index contributed by atoms with van der Waals surface area (Å²) >= 11 is 2.77. The number of benzene rings is 2. The molecule has 0 saturated carbocycles. The number of nitrogens with zero attached hydrogens (tertiary/aromatic N) is 3. The molecule has 0 aliphatic heterocycles. The van der Waals surface area contributed by atoms with Crippen molar-refractivity contribution in [3.63, 3.8) is 0 Å². The van der Waals surface area contributed by atoms with E-state index in [1.54, 1.807) is 24.3 Å². The molecule has 4 rings (SSSR count). The van der Waals surface area contributed by atoms with Crippen molar-refractivity contribution in [1.29, 1.82) is 0 Å². The van der Waals surface area contributed by atoms with E-state index in [-0.39, 0.29) is 18.2 Å². The molecule has 4 aromatic rings. The van der Waals surface area contributed by atoms with Crippen LogP contribution in [0.3, 0.4) is 0 Å². The first kappa shape index (κ1) is 16.4. The number of thiazole rings is 1. The number of rotatable bonds is 5. The van der Waals surface area contributed by atoms with Gasteiger partial charge in [0, 0.05) is 5.56 Å². The minimum Gasteiger partial charge on any atom is -0.508 e. The third-order valence-corrected chi connectivity index (χ3v) is 5.36. The zero-order valence-electron chi connectivity index (χ0n) is 13.3. The van der Waals surface area contributed by atoms with Crippen LogP contribution in [0.2, 0.25) is 0 Å². The second kappa shape index (κ2) is 7.06. The van der Waals surface area contributed by atoms with Gasteiger partial charge < -0.3 is 10.4 Å². The molecule has 0 aliphatic rings. The molecule has 0 unspecified atom stereocenters. The molecule has 7 nitrogen and oxygen atoms in total. The topological polar surface area (TPSA) is 100 Å². The molecule has 1 amide bonds. The monoisotopic (exact) mass is 383 g/mol. The lowest BCUT2D eigenvalue weighted by atomic mass is 10.2. The second-order valence-electron chi connectivity index (χ2n) is 5.35. The van der Waals surface area contributed by atoms with Crippen molar-refractivity contribution < 1.29 is 9.90 Å². The first-order valence-electron chi connectivity index (χ1n) is 7.69. The van der Waals surface area contributed by atoms with Crippen molar-refractivity contribution in [2.45, 2.75) is 0 Å². The van der Waals surface area contributed by atoms with E-state index >= 15 is 0 Å². The molecule has 2 aromatic carbocycles. The number of amides is 1. The summed E-state index contributed by atoms with van der Waals surface area (Å²) in [6.07, 6.45) is 0. The molecule has 3 N–H and O–H groups in total. The highest BCUT2D eigenvalue weighted by atomic mass is 32.1. The van der Waals surface area contributed by atoms with E-state index in [4.69, 9.17) is 0 Å². The van der Waals surface area contributed by atoms with Gasteiger partial charge in [0.05, 0.1) is 16.8 Å². The molecule has 130 valence electrons. The standard InChI is InChI=1S/C17H13N5O2S2/c23-11-7-5-10(6-8-11)15-21-22-17(26-15)20-14(24)9-18-16-19-12-3-1-2-4-13(12)25-16/h1-8,23H,9H2,(H,18,19)(H,20,22,24). The first-order chi connectivity index (χ1) is 12.7. The Morgan fingerprint density at radius 3 is 2.62 bits per heavy atom. The van der Waals surface area contributed by atoms with E-state index in [0.29, 0.717) is 15.3 Å². The van der Waals surface area contributed by atoms with E-state index in [1.807, 2.05) is 24.3 Å². The average Bonchev–Trinajstić information content (AvgIpc) is 3.27. The molecular weight excluding hydrogens is 370 g/mol. The van der Waals surface area contributed by atoms with Gasteiger partial charge in [0.2, 0.25) is 11.0 Å². The van der Waals surface area contributed by atoms with Crippen LogP contribution in [0.4, 0.5) is 10.3 Å². The van der Waals surface area contributed by atoms with Gasteiger partial charge in [-0.25, -0.2) is 4.98 Å². The zero-order valence-corrected chi connectivity index (χ0v) is 15.0. The summed E-state index contributed by atoms with van der Waals surface area (Å²) in [7, 11) is 0. The lowest BCUT2D eigenvalue weighted by molar-refractivity contribution is -0.114. The van der Waals surface area contributed by atoms with Gasteiger partial charge in [-0.15, -0.1) is 10.2 Å². The van der Waals surface area contributed by atoms with E-state index in [1.165, 1.54) is 22.7 Å². The molecule has 0 saturated heterocycles. The second-order valence-corrected chi connectivity index (χ2v) is 7.36. The van der Waals surface area contributed by atoms with Crippen LogP contribution in [-0.2, 0) is 4.79 Å². The summed E-state index contributed by atoms with van der Waals surface area (Å²) < 4.78 is 1.07. The Kier molecular flexibility index (Phi) is 4.46. The number of phenols is 1. The Labute approximate surface area is 156 Å². The van der Waals surface area contributed by atoms with Crippen molar-refractivity contribution in [3.8, 4) is 16.3 Å². The smallest absolute Gasteiger partial charge is 0.245 e. The molecule has 0 aliphatic carbocycles. The third kappa shape index (κ3) is 3.63. The van der Waals surface area contributed by atoms with E-state index in [2.05, 4.69) is 25.8 Å². The van der Waals surface area contributed by atoms with Crippen molar-refractivity contribution >= 4 is 49.1 Å². The van der Waals surface area contributed by atoms with Gasteiger partial charge in [-0.2, -0.15) is 0 Å². The summed E-state index contributed by atoms with van der Waals surface area (Å²) in [6, 6.07) is 14.5. The summed E-state index contributed by atoms with van der Waals surface area (Å²) in [4.78, 5) is 16.5. The van der Waals surface area contributed by atoms with Crippen molar-refractivity contribution in [2.75, 3.05) is 17.2 Å². The average molecular weight is 383 g/mol. The molecular formula is C17H13N5O2S2. The summed E-state index contributed by atoms with van der Waals surface area (Å²) in [5.41, 5.74) is 1.73. The van der Waals surface area contributed by atoms with Crippen LogP contribution in [0.5, 0.6) is 5.75 Å². The number of hydrogen-bond acceptors (Lipinski definition) is 8. The maximum atomic E-state index is 12.1. The lowest BCUT2D eigenvalue weighted by Crippen LogP contribution is -2.21. The van der Waals surface area contributed by atoms with Gasteiger partial charge >= 0.3 is 0 Å². The minimum absolute atomic E-state index is 0.0912. The van der Waals surface area contributed by atoms with Crippen LogP contribution >= 0.6 is 22.7 Å². The van der Waals surface area contributed by atoms with Crippen LogP contribution in [-0.4, -0.2) is 32.7 Å². The fourth-order valence-corrected chi connectivity index (χ4v) is 3.89. The maximum absolute atomic E-state index is 12.1. The number of phenolic OH excluding ortho intramolecular Hbond substituents is 1. The number of nitrogens with one attached hydrogen (secondary N) is 2. The summed E-state index contributed by atoms with van der Waals surface area (Å²) in [6.45, 7) is 0.0912. The minimum atomic E-state index is -0.224. The molecule has 26 heavy (non-hydrogen) atoms. The fourth-order valence-electron chi connectivity index (χ4n) is 2.26. The van der Waals surface area contributed by atoms with Gasteiger partial charge in [-0.3, -0.25) is 10.1 Å². The van der Waals surface area contributed by atoms with Crippen LogP contribution in [0, 0.1) is 0 Å². The van der Waals surface area contributed by atoms with E-state index < -0.39 is 0 Å². The summed E-state index contributed by atoms with van der Waals surface area (Å²) in [5, 5.41) is 24.9. The SMILES string of the molecule is O=C(CNc1nc2ccccc2s1)Nc1nnc(-c2ccc(O)cc2)s1. The number of para-hydroxylation sites is 1. The molecule has 0 radical (unpaired) electrons. The van der Waals surface area contributed by atoms with Crippen molar-refractivity contribution in [3.05, 3.63) is 48.5 Å². The quantitative estimate of drug-likeness (QED) is 0.487. The Morgan fingerprint density at radius 2 is 1.81 bits per heavy atom. The van der Waals surface area contributed by atoms with Gasteiger partial charge in [0.1, 0.15) is 10.8 Å². The number of fused-ring (bicyclic) bond motifs is 1. The zero-order chi connectivity index (χ0) is 17.9. The lowest BCUT2D eigenvalue weighted by Gasteiger charge is -2.01. The number of carbonyl (C=O) groups excluding carboxylic acids is 1. The molecule has 2 aromatic heterocycles. The highest BCUT2D eigenvalue weighted by Gasteiger charge is 2.11. The van der Waals surface area contributed by atoms with Crippen LogP contribution in [0.25, 0.3) is 20.8 Å². The molecule has 0 atom stereocenters. The largest absolute Gasteiger partial charge is 0.508 e. The highest BCUT2D eigenvalue weighted by molar-refractivity contribution is 7.22. The van der Waals surface area contributed by atoms with Crippen LogP contribution < -0.4 is 10.6 Å². The number of aromatic hydroxyl groups is 1. The van der Waals surface area contributed by atoms with E-state index in [0.717, 1.165) is 15.8 Å². The molecule has 0 spiro atoms. The molecule has 0 bridgehead atoms. The third-order valence-electron chi connectivity index (χ3n) is 3.48. The number of anilines is 2. The predicted molar refractivity (Wildman–Crippen MR) is 104 cm³/mol. The van der Waals surface area contributed by atoms with Gasteiger partial charge in [-0.1, -0.05) is 34.8 Å². The normalized spacial score (nSPS) is 10.8. The van der Waals surface area contributed by atoms with Gasteiger partial charge in [-0.05, 0) is 36.4 Å². The van der Waals surface area contributed by atoms with Crippen LogP contribution in [0.15, 0.2) is 48.5 Å². The summed E-state index contributed by atoms with van der Waals surface area (Å²) in [5.74, 6) is -0.0367. The Bertz CT molecular complexity index is 1030. The Hall–Kier alpha value is -3.04. The fraction of sp³-hybridized carbons (Fsp3) is 0.0588. The number of carbonyl (C=O) groups is 1. The van der Waals surface area contributed by atoms with Gasteiger partial charge in [0.25, 0.3) is 0 Å². The highest BCUT2D eigenvalue weighted by Crippen LogP contribution is 2.28. The number of hydrogen-bond donors (Lipinski definition) is 3. The molecule has 2 heterocycles. The number of aromatic nitrogens is 3. The first-order valence-corrected chi connectivity index (χ1v) is 9.33. The van der Waals surface area contributed by atoms with Gasteiger partial charge in [0.15, 0.2) is 5.13 Å². The van der Waals surface area contributed by atoms with Crippen LogP contribution in [0.1, 0.15) is 0 Å². The predicted octanol–water partition coefficient (Wildman–Crippen LogP) is 3.57. The maximum Gasteiger partial charge on any atom is 0.245 e. The Morgan fingerprint density at radius 1 is 1.00 bits per heavy atom. The van der Waals surface area contributed by atoms with E-state index in [9.17, 15) is 9.90 Å². The van der Waals surface area contributed by atoms with Crippen molar-refractivity contribution in [2.24, 2.45) is 0 Å². The van der Waals surface area contributed by atoms with Crippen molar-refractivity contribution in [1.82, 2.24) is 15.2 Å². The molecule has 0 fully saturated rings. The Balaban J connectivity index is 1.36.